The van der Waals surface area contributed by atoms with Gasteiger partial charge in [0.1, 0.15) is 0 Å². The van der Waals surface area contributed by atoms with E-state index in [0.717, 1.165) is 12.2 Å². The summed E-state index contributed by atoms with van der Waals surface area (Å²) >= 11 is 0. The summed E-state index contributed by atoms with van der Waals surface area (Å²) in [5.74, 6) is 0. The van der Waals surface area contributed by atoms with Crippen LogP contribution in [0.1, 0.15) is 31.4 Å². The van der Waals surface area contributed by atoms with Crippen molar-refractivity contribution < 1.29 is 0 Å². The van der Waals surface area contributed by atoms with E-state index >= 15 is 0 Å². The molecule has 0 atom stereocenters. The molecule has 0 aliphatic heterocycles. The van der Waals surface area contributed by atoms with Gasteiger partial charge in [0.15, 0.2) is 0 Å². The molecular formula is C11H17N5. The molecule has 1 aromatic rings. The maximum absolute atomic E-state index is 8.85. The van der Waals surface area contributed by atoms with E-state index in [0.29, 0.717) is 12.6 Å². The van der Waals surface area contributed by atoms with E-state index in [2.05, 4.69) is 21.3 Å². The van der Waals surface area contributed by atoms with Crippen LogP contribution in [0.25, 0.3) is 0 Å². The van der Waals surface area contributed by atoms with Gasteiger partial charge in [-0.05, 0) is 12.8 Å². The van der Waals surface area contributed by atoms with Crippen molar-refractivity contribution in [2.75, 3.05) is 6.54 Å². The van der Waals surface area contributed by atoms with Gasteiger partial charge < -0.3 is 0 Å². The van der Waals surface area contributed by atoms with Gasteiger partial charge in [0.2, 0.25) is 0 Å². The van der Waals surface area contributed by atoms with Crippen molar-refractivity contribution in [2.45, 2.75) is 38.3 Å². The molecule has 1 heterocycles. The number of hydrogen-bond acceptors (Lipinski definition) is 4. The predicted octanol–water partition coefficient (Wildman–Crippen LogP) is 1.08. The maximum Gasteiger partial charge on any atom is 0.0967 e. The number of aromatic nitrogens is 3. The molecule has 0 saturated heterocycles. The van der Waals surface area contributed by atoms with E-state index in [1.165, 1.54) is 25.7 Å². The van der Waals surface area contributed by atoms with Gasteiger partial charge >= 0.3 is 0 Å². The summed E-state index contributed by atoms with van der Waals surface area (Å²) in [6, 6.07) is 2.80. The second-order valence-electron chi connectivity index (χ2n) is 4.38. The van der Waals surface area contributed by atoms with Crippen LogP contribution in [-0.4, -0.2) is 32.5 Å². The van der Waals surface area contributed by atoms with Crippen LogP contribution in [0.4, 0.5) is 0 Å². The molecule has 1 aliphatic rings. The number of aryl methyl sites for hydroxylation is 1. The first-order chi connectivity index (χ1) is 7.79. The molecule has 0 bridgehead atoms. The van der Waals surface area contributed by atoms with Gasteiger partial charge in [-0.2, -0.15) is 5.26 Å². The number of nitriles is 1. The topological polar surface area (TPSA) is 57.7 Å². The largest absolute Gasteiger partial charge is 0.282 e. The first-order valence-corrected chi connectivity index (χ1v) is 5.76. The van der Waals surface area contributed by atoms with Crippen molar-refractivity contribution >= 4 is 0 Å². The zero-order chi connectivity index (χ0) is 11.4. The van der Waals surface area contributed by atoms with Gasteiger partial charge in [-0.1, -0.05) is 18.1 Å². The molecule has 1 aromatic heterocycles. The third-order valence-electron chi connectivity index (χ3n) is 3.13. The molecule has 0 aromatic carbocycles. The van der Waals surface area contributed by atoms with Crippen LogP contribution < -0.4 is 0 Å². The Morgan fingerprint density at radius 2 is 2.31 bits per heavy atom. The minimum absolute atomic E-state index is 0.487. The summed E-state index contributed by atoms with van der Waals surface area (Å²) in [4.78, 5) is 2.22. The van der Waals surface area contributed by atoms with Crippen molar-refractivity contribution in [1.29, 1.82) is 5.26 Å². The summed E-state index contributed by atoms with van der Waals surface area (Å²) in [7, 11) is 1.86. The zero-order valence-electron chi connectivity index (χ0n) is 9.63. The van der Waals surface area contributed by atoms with E-state index in [-0.39, 0.29) is 0 Å². The van der Waals surface area contributed by atoms with Crippen molar-refractivity contribution in [2.24, 2.45) is 7.05 Å². The van der Waals surface area contributed by atoms with E-state index in [1.54, 1.807) is 4.68 Å². The third-order valence-corrected chi connectivity index (χ3v) is 3.13. The Balaban J connectivity index is 1.99. The molecule has 0 unspecified atom stereocenters. The lowest BCUT2D eigenvalue weighted by molar-refractivity contribution is 0.211. The number of nitrogens with zero attached hydrogens (tertiary/aromatic N) is 5. The lowest BCUT2D eigenvalue weighted by Crippen LogP contribution is -2.33. The van der Waals surface area contributed by atoms with E-state index in [4.69, 9.17) is 5.26 Å². The molecule has 0 N–H and O–H groups in total. The molecule has 0 radical (unpaired) electrons. The lowest BCUT2D eigenvalue weighted by Gasteiger charge is -2.24. The highest BCUT2D eigenvalue weighted by molar-refractivity contribution is 4.95. The van der Waals surface area contributed by atoms with E-state index in [9.17, 15) is 0 Å². The minimum atomic E-state index is 0.487. The normalized spacial score (nSPS) is 16.8. The Kier molecular flexibility index (Phi) is 3.52. The molecule has 0 spiro atoms. The van der Waals surface area contributed by atoms with Crippen molar-refractivity contribution in [3.63, 3.8) is 0 Å². The van der Waals surface area contributed by atoms with Gasteiger partial charge in [0, 0.05) is 25.8 Å². The van der Waals surface area contributed by atoms with Crippen molar-refractivity contribution in [3.05, 3.63) is 11.9 Å². The highest BCUT2D eigenvalue weighted by Crippen LogP contribution is 2.24. The van der Waals surface area contributed by atoms with Crippen LogP contribution in [0.5, 0.6) is 0 Å². The molecule has 5 nitrogen and oxygen atoms in total. The summed E-state index contributed by atoms with van der Waals surface area (Å²) in [6.07, 6.45) is 6.91. The van der Waals surface area contributed by atoms with Gasteiger partial charge in [-0.3, -0.25) is 9.58 Å². The highest BCUT2D eigenvalue weighted by atomic mass is 15.4. The Labute approximate surface area is 95.7 Å². The smallest absolute Gasteiger partial charge is 0.0967 e. The summed E-state index contributed by atoms with van der Waals surface area (Å²) < 4.78 is 1.70. The van der Waals surface area contributed by atoms with Crippen molar-refractivity contribution in [1.82, 2.24) is 19.9 Å². The lowest BCUT2D eigenvalue weighted by atomic mass is 10.2. The van der Waals surface area contributed by atoms with Gasteiger partial charge in [-0.25, -0.2) is 0 Å². The number of hydrogen-bond donors (Lipinski definition) is 0. The Hall–Kier alpha value is -1.41. The summed E-state index contributed by atoms with van der Waals surface area (Å²) in [6.45, 7) is 1.23. The minimum Gasteiger partial charge on any atom is -0.282 e. The standard InChI is InChI=1S/C11H17N5/c1-15-8-10(13-14-15)9-16(7-6-12)11-4-2-3-5-11/h8,11H,2-5,7,9H2,1H3. The van der Waals surface area contributed by atoms with Crippen LogP contribution in [0.3, 0.4) is 0 Å². The van der Waals surface area contributed by atoms with Gasteiger partial charge in [-0.15, -0.1) is 5.10 Å². The molecule has 5 heteroatoms. The fourth-order valence-corrected chi connectivity index (χ4v) is 2.35. The molecule has 86 valence electrons. The Morgan fingerprint density at radius 3 is 2.88 bits per heavy atom. The maximum atomic E-state index is 8.85. The summed E-state index contributed by atoms with van der Waals surface area (Å²) in [5, 5.41) is 16.8. The molecule has 1 saturated carbocycles. The zero-order valence-corrected chi connectivity index (χ0v) is 9.63. The molecule has 16 heavy (non-hydrogen) atoms. The SMILES string of the molecule is Cn1cc(CN(CC#N)C2CCCC2)nn1. The van der Waals surface area contributed by atoms with Gasteiger partial charge in [0.25, 0.3) is 0 Å². The molecule has 0 amide bonds. The number of rotatable bonds is 4. The van der Waals surface area contributed by atoms with E-state index < -0.39 is 0 Å². The average Bonchev–Trinajstić information content (AvgIpc) is 2.88. The highest BCUT2D eigenvalue weighted by Gasteiger charge is 2.22. The van der Waals surface area contributed by atoms with Crippen LogP contribution in [0.2, 0.25) is 0 Å². The van der Waals surface area contributed by atoms with Crippen molar-refractivity contribution in [3.8, 4) is 6.07 Å². The predicted molar refractivity (Wildman–Crippen MR) is 59.3 cm³/mol. The molecule has 2 rings (SSSR count). The van der Waals surface area contributed by atoms with Crippen LogP contribution in [0.15, 0.2) is 6.20 Å². The second-order valence-corrected chi connectivity index (χ2v) is 4.38. The van der Waals surface area contributed by atoms with Crippen LogP contribution in [-0.2, 0) is 13.6 Å². The van der Waals surface area contributed by atoms with E-state index in [1.807, 2.05) is 13.2 Å². The second kappa shape index (κ2) is 5.08. The average molecular weight is 219 g/mol. The van der Waals surface area contributed by atoms with Crippen LogP contribution in [0, 0.1) is 11.3 Å². The molecular weight excluding hydrogens is 202 g/mol. The molecule has 1 aliphatic carbocycles. The third kappa shape index (κ3) is 2.58. The van der Waals surface area contributed by atoms with Gasteiger partial charge in [0.05, 0.1) is 18.3 Å². The molecule has 1 fully saturated rings. The fraction of sp³-hybridized carbons (Fsp3) is 0.727. The monoisotopic (exact) mass is 219 g/mol. The Morgan fingerprint density at radius 1 is 1.56 bits per heavy atom. The van der Waals surface area contributed by atoms with Crippen LogP contribution >= 0.6 is 0 Å². The first-order valence-electron chi connectivity index (χ1n) is 5.76. The fourth-order valence-electron chi connectivity index (χ4n) is 2.35. The first kappa shape index (κ1) is 11.1. The summed E-state index contributed by atoms with van der Waals surface area (Å²) in [5.41, 5.74) is 0.949. The Bertz CT molecular complexity index is 372. The quantitative estimate of drug-likeness (QED) is 0.711.